The zero-order valence-corrected chi connectivity index (χ0v) is 23.3. The number of carbonyl (C=O) groups is 1. The Morgan fingerprint density at radius 3 is 2.05 bits per heavy atom. The number of ether oxygens (including phenoxy) is 1. The Hall–Kier alpha value is -3.34. The van der Waals surface area contributed by atoms with Crippen LogP contribution >= 0.6 is 11.8 Å². The minimum absolute atomic E-state index is 0.0281. The van der Waals surface area contributed by atoms with Gasteiger partial charge in [-0.15, -0.1) is 11.8 Å². The standard InChI is InChI=1S/C29H29F6NO3S/c1-16(2)18-6-9-26(39-4)25(13-18)24-8-7-21(28(30,31)32)11-20(24)15-36(27(37)38)17(3)19-10-22(29(33,34)35)14-23(12-19)40-5/h6-14,16-17H,15H2,1-5H3,(H,37,38). The molecule has 0 fully saturated rings. The van der Waals surface area contributed by atoms with E-state index in [1.165, 1.54) is 26.2 Å². The summed E-state index contributed by atoms with van der Waals surface area (Å²) in [6.45, 7) is 4.78. The zero-order chi connectivity index (χ0) is 30.0. The van der Waals surface area contributed by atoms with Crippen molar-refractivity contribution in [2.24, 2.45) is 0 Å². The first kappa shape index (κ1) is 31.2. The molecule has 0 spiro atoms. The number of alkyl halides is 6. The lowest BCUT2D eigenvalue weighted by Crippen LogP contribution is -2.32. The highest BCUT2D eigenvalue weighted by Crippen LogP contribution is 2.40. The van der Waals surface area contributed by atoms with Crippen molar-refractivity contribution < 1.29 is 41.0 Å². The van der Waals surface area contributed by atoms with Crippen molar-refractivity contribution in [3.63, 3.8) is 0 Å². The molecule has 3 aromatic carbocycles. The maximum absolute atomic E-state index is 13.7. The van der Waals surface area contributed by atoms with Crippen molar-refractivity contribution in [1.29, 1.82) is 0 Å². The van der Waals surface area contributed by atoms with Gasteiger partial charge in [-0.25, -0.2) is 4.79 Å². The molecular formula is C29H29F6NO3S. The minimum Gasteiger partial charge on any atom is -0.496 e. The molecule has 0 aliphatic carbocycles. The number of methoxy groups -OCH3 is 1. The first-order valence-corrected chi connectivity index (χ1v) is 13.4. The maximum Gasteiger partial charge on any atom is 0.416 e. The summed E-state index contributed by atoms with van der Waals surface area (Å²) >= 11 is 1.06. The Morgan fingerprint density at radius 1 is 0.875 bits per heavy atom. The summed E-state index contributed by atoms with van der Waals surface area (Å²) in [5.41, 5.74) is -0.152. The quantitative estimate of drug-likeness (QED) is 0.211. The van der Waals surface area contributed by atoms with Gasteiger partial charge < -0.3 is 9.84 Å². The molecule has 1 amide bonds. The highest BCUT2D eigenvalue weighted by Gasteiger charge is 2.34. The summed E-state index contributed by atoms with van der Waals surface area (Å²) in [6.07, 6.45) is -9.28. The van der Waals surface area contributed by atoms with Gasteiger partial charge in [0, 0.05) is 10.5 Å². The Labute approximate surface area is 233 Å². The van der Waals surface area contributed by atoms with Gasteiger partial charge in [0.1, 0.15) is 5.75 Å². The van der Waals surface area contributed by atoms with Crippen molar-refractivity contribution in [2.75, 3.05) is 13.4 Å². The molecule has 0 aliphatic rings. The lowest BCUT2D eigenvalue weighted by Gasteiger charge is -2.29. The second-order valence-electron chi connectivity index (χ2n) is 9.56. The molecule has 0 bridgehead atoms. The van der Waals surface area contributed by atoms with Crippen LogP contribution in [0.25, 0.3) is 11.1 Å². The molecule has 11 heteroatoms. The van der Waals surface area contributed by atoms with Crippen molar-refractivity contribution in [2.45, 2.75) is 56.5 Å². The minimum atomic E-state index is -4.70. The van der Waals surface area contributed by atoms with Gasteiger partial charge in [0.15, 0.2) is 0 Å². The van der Waals surface area contributed by atoms with Crippen molar-refractivity contribution in [3.05, 3.63) is 82.4 Å². The van der Waals surface area contributed by atoms with Gasteiger partial charge in [-0.3, -0.25) is 4.90 Å². The largest absolute Gasteiger partial charge is 0.496 e. The molecule has 0 aliphatic heterocycles. The summed E-state index contributed by atoms with van der Waals surface area (Å²) in [5.74, 6) is 0.465. The number of halogens is 6. The molecule has 1 N–H and O–H groups in total. The number of amides is 1. The second kappa shape index (κ2) is 12.0. The SMILES string of the molecule is COc1ccc(C(C)C)cc1-c1ccc(C(F)(F)F)cc1CN(C(=O)O)C(C)c1cc(SC)cc(C(F)(F)F)c1. The van der Waals surface area contributed by atoms with Gasteiger partial charge in [-0.05, 0) is 83.8 Å². The maximum atomic E-state index is 13.7. The molecule has 0 saturated carbocycles. The van der Waals surface area contributed by atoms with Gasteiger partial charge in [-0.1, -0.05) is 26.0 Å². The van der Waals surface area contributed by atoms with E-state index in [0.717, 1.165) is 46.5 Å². The van der Waals surface area contributed by atoms with E-state index in [-0.39, 0.29) is 21.9 Å². The Morgan fingerprint density at radius 2 is 1.52 bits per heavy atom. The van der Waals surface area contributed by atoms with Gasteiger partial charge in [0.05, 0.1) is 30.8 Å². The lowest BCUT2D eigenvalue weighted by atomic mass is 9.92. The number of benzene rings is 3. The van der Waals surface area contributed by atoms with Crippen molar-refractivity contribution >= 4 is 17.9 Å². The first-order chi connectivity index (χ1) is 18.6. The molecule has 0 radical (unpaired) electrons. The molecule has 0 aromatic heterocycles. The van der Waals surface area contributed by atoms with Crippen LogP contribution < -0.4 is 4.74 Å². The van der Waals surface area contributed by atoms with Crippen LogP contribution in [0.5, 0.6) is 5.75 Å². The third kappa shape index (κ3) is 7.04. The number of thioether (sulfide) groups is 1. The first-order valence-electron chi connectivity index (χ1n) is 12.2. The van der Waals surface area contributed by atoms with Gasteiger partial charge in [0.2, 0.25) is 0 Å². The second-order valence-corrected chi connectivity index (χ2v) is 10.4. The predicted octanol–water partition coefficient (Wildman–Crippen LogP) is 9.49. The monoisotopic (exact) mass is 585 g/mol. The average Bonchev–Trinajstić information content (AvgIpc) is 2.89. The summed E-state index contributed by atoms with van der Waals surface area (Å²) in [5, 5.41) is 10.1. The van der Waals surface area contributed by atoms with Crippen LogP contribution in [0.4, 0.5) is 31.1 Å². The van der Waals surface area contributed by atoms with Crippen LogP contribution in [-0.2, 0) is 18.9 Å². The number of hydrogen-bond acceptors (Lipinski definition) is 3. The normalized spacial score (nSPS) is 12.9. The van der Waals surface area contributed by atoms with E-state index in [1.54, 1.807) is 18.4 Å². The summed E-state index contributed by atoms with van der Waals surface area (Å²) in [4.78, 5) is 13.5. The topological polar surface area (TPSA) is 49.8 Å². The number of nitrogens with zero attached hydrogens (tertiary/aromatic N) is 1. The summed E-state index contributed by atoms with van der Waals surface area (Å²) < 4.78 is 87.3. The highest BCUT2D eigenvalue weighted by molar-refractivity contribution is 7.98. The molecule has 1 unspecified atom stereocenters. The predicted molar refractivity (Wildman–Crippen MR) is 143 cm³/mol. The molecular weight excluding hydrogens is 556 g/mol. The fourth-order valence-electron chi connectivity index (χ4n) is 4.34. The molecule has 40 heavy (non-hydrogen) atoms. The van der Waals surface area contributed by atoms with Gasteiger partial charge >= 0.3 is 18.4 Å². The third-order valence-corrected chi connectivity index (χ3v) is 7.35. The smallest absolute Gasteiger partial charge is 0.416 e. The van der Waals surface area contributed by atoms with E-state index < -0.39 is 42.2 Å². The fraction of sp³-hybridized carbons (Fsp3) is 0.345. The molecule has 4 nitrogen and oxygen atoms in total. The molecule has 216 valence electrons. The molecule has 3 aromatic rings. The van der Waals surface area contributed by atoms with Crippen molar-refractivity contribution in [1.82, 2.24) is 4.90 Å². The van der Waals surface area contributed by atoms with E-state index in [1.807, 2.05) is 19.9 Å². The number of carboxylic acid groups (broad SMARTS) is 1. The summed E-state index contributed by atoms with van der Waals surface area (Å²) in [7, 11) is 1.42. The zero-order valence-electron chi connectivity index (χ0n) is 22.4. The molecule has 1 atom stereocenters. The summed E-state index contributed by atoms with van der Waals surface area (Å²) in [6, 6.07) is 10.5. The Bertz CT molecular complexity index is 1370. The van der Waals surface area contributed by atoms with Crippen LogP contribution in [0, 0.1) is 0 Å². The third-order valence-electron chi connectivity index (χ3n) is 6.64. The molecule has 3 rings (SSSR count). The van der Waals surface area contributed by atoms with Crippen LogP contribution in [0.2, 0.25) is 0 Å². The van der Waals surface area contributed by atoms with E-state index >= 15 is 0 Å². The molecule has 0 heterocycles. The van der Waals surface area contributed by atoms with Crippen LogP contribution in [0.1, 0.15) is 60.5 Å². The van der Waals surface area contributed by atoms with E-state index in [2.05, 4.69) is 0 Å². The Kier molecular flexibility index (Phi) is 9.39. The molecule has 0 saturated heterocycles. The van der Waals surface area contributed by atoms with Gasteiger partial charge in [0.25, 0.3) is 0 Å². The van der Waals surface area contributed by atoms with Crippen LogP contribution in [-0.4, -0.2) is 29.5 Å². The van der Waals surface area contributed by atoms with Crippen LogP contribution in [0.3, 0.4) is 0 Å². The number of rotatable bonds is 8. The van der Waals surface area contributed by atoms with E-state index in [9.17, 15) is 36.2 Å². The van der Waals surface area contributed by atoms with E-state index in [4.69, 9.17) is 4.74 Å². The fourth-order valence-corrected chi connectivity index (χ4v) is 4.84. The van der Waals surface area contributed by atoms with Crippen molar-refractivity contribution in [3.8, 4) is 16.9 Å². The van der Waals surface area contributed by atoms with Gasteiger partial charge in [-0.2, -0.15) is 26.3 Å². The number of hydrogen-bond donors (Lipinski definition) is 1. The lowest BCUT2D eigenvalue weighted by molar-refractivity contribution is -0.138. The average molecular weight is 586 g/mol. The Balaban J connectivity index is 2.19. The van der Waals surface area contributed by atoms with Crippen LogP contribution in [0.15, 0.2) is 59.5 Å². The van der Waals surface area contributed by atoms with E-state index in [0.29, 0.717) is 16.9 Å². The highest BCUT2D eigenvalue weighted by atomic mass is 32.2.